The van der Waals surface area contributed by atoms with Gasteiger partial charge in [-0.15, -0.1) is 0 Å². The van der Waals surface area contributed by atoms with Crippen LogP contribution in [0.25, 0.3) is 0 Å². The van der Waals surface area contributed by atoms with E-state index in [1.807, 2.05) is 25.1 Å². The number of ether oxygens (including phenoxy) is 2. The zero-order valence-corrected chi connectivity index (χ0v) is 13.2. The van der Waals surface area contributed by atoms with Crippen LogP contribution in [0.3, 0.4) is 0 Å². The third kappa shape index (κ3) is 4.54. The van der Waals surface area contributed by atoms with Crippen molar-refractivity contribution in [1.82, 2.24) is 10.4 Å². The fraction of sp³-hybridized carbons (Fsp3) is 0.235. The number of amides is 1. The Morgan fingerprint density at radius 2 is 2.22 bits per heavy atom. The van der Waals surface area contributed by atoms with Crippen LogP contribution in [-0.2, 0) is 0 Å². The van der Waals surface area contributed by atoms with Crippen molar-refractivity contribution < 1.29 is 14.3 Å². The molecule has 2 aromatic rings. The Kier molecular flexibility index (Phi) is 6.11. The molecule has 1 aromatic heterocycles. The van der Waals surface area contributed by atoms with Gasteiger partial charge in [-0.1, -0.05) is 13.0 Å². The van der Waals surface area contributed by atoms with Crippen LogP contribution in [0.5, 0.6) is 11.5 Å². The lowest BCUT2D eigenvalue weighted by Crippen LogP contribution is -2.17. The number of aromatic nitrogens is 1. The summed E-state index contributed by atoms with van der Waals surface area (Å²) in [5.74, 6) is 0.908. The molecule has 0 unspecified atom stereocenters. The SMILES string of the molecule is CCCOc1c(/C=N\NC(=O)c2cccnc2)cccc1OC. The van der Waals surface area contributed by atoms with Crippen molar-refractivity contribution in [2.24, 2.45) is 5.10 Å². The second-order valence-corrected chi connectivity index (χ2v) is 4.67. The van der Waals surface area contributed by atoms with Gasteiger partial charge in [0.15, 0.2) is 11.5 Å². The molecule has 1 N–H and O–H groups in total. The lowest BCUT2D eigenvalue weighted by atomic mass is 10.2. The molecule has 1 aromatic carbocycles. The number of nitrogens with zero attached hydrogens (tertiary/aromatic N) is 2. The van der Waals surface area contributed by atoms with E-state index in [-0.39, 0.29) is 5.91 Å². The van der Waals surface area contributed by atoms with Crippen LogP contribution in [-0.4, -0.2) is 30.8 Å². The predicted molar refractivity (Wildman–Crippen MR) is 88.1 cm³/mol. The maximum absolute atomic E-state index is 11.9. The van der Waals surface area contributed by atoms with Crippen LogP contribution in [0.15, 0.2) is 47.8 Å². The van der Waals surface area contributed by atoms with Gasteiger partial charge in [0.05, 0.1) is 25.5 Å². The van der Waals surface area contributed by atoms with Gasteiger partial charge in [0.25, 0.3) is 5.91 Å². The third-order valence-corrected chi connectivity index (χ3v) is 2.97. The highest BCUT2D eigenvalue weighted by Gasteiger charge is 2.09. The molecule has 0 bridgehead atoms. The first-order valence-electron chi connectivity index (χ1n) is 7.29. The summed E-state index contributed by atoms with van der Waals surface area (Å²) in [4.78, 5) is 15.8. The van der Waals surface area contributed by atoms with Gasteiger partial charge in [0, 0.05) is 18.0 Å². The second-order valence-electron chi connectivity index (χ2n) is 4.67. The minimum absolute atomic E-state index is 0.326. The highest BCUT2D eigenvalue weighted by Crippen LogP contribution is 2.30. The van der Waals surface area contributed by atoms with Gasteiger partial charge in [-0.3, -0.25) is 9.78 Å². The molecule has 0 fully saturated rings. The van der Waals surface area contributed by atoms with E-state index in [0.29, 0.717) is 23.7 Å². The normalized spacial score (nSPS) is 10.5. The van der Waals surface area contributed by atoms with E-state index in [1.165, 1.54) is 12.4 Å². The Bertz CT molecular complexity index is 672. The molecule has 2 rings (SSSR count). The van der Waals surface area contributed by atoms with Crippen molar-refractivity contribution in [3.8, 4) is 11.5 Å². The average Bonchev–Trinajstić information content (AvgIpc) is 2.60. The Labute approximate surface area is 135 Å². The van der Waals surface area contributed by atoms with Crippen LogP contribution in [0.4, 0.5) is 0 Å². The third-order valence-electron chi connectivity index (χ3n) is 2.97. The number of hydrogen-bond acceptors (Lipinski definition) is 5. The number of carbonyl (C=O) groups excluding carboxylic acids is 1. The van der Waals surface area contributed by atoms with E-state index in [1.54, 1.807) is 25.4 Å². The van der Waals surface area contributed by atoms with Gasteiger partial charge in [0.1, 0.15) is 0 Å². The van der Waals surface area contributed by atoms with Gasteiger partial charge in [0.2, 0.25) is 0 Å². The summed E-state index contributed by atoms with van der Waals surface area (Å²) in [6.07, 6.45) is 5.49. The molecule has 0 aliphatic rings. The number of carbonyl (C=O) groups is 1. The van der Waals surface area contributed by atoms with Crippen molar-refractivity contribution >= 4 is 12.1 Å². The summed E-state index contributed by atoms with van der Waals surface area (Å²) in [6.45, 7) is 2.60. The molecular formula is C17H19N3O3. The van der Waals surface area contributed by atoms with Gasteiger partial charge in [-0.05, 0) is 30.7 Å². The molecule has 120 valence electrons. The van der Waals surface area contributed by atoms with Gasteiger partial charge in [-0.25, -0.2) is 5.43 Å². The number of methoxy groups -OCH3 is 1. The Morgan fingerprint density at radius 3 is 2.91 bits per heavy atom. The number of rotatable bonds is 7. The van der Waals surface area contributed by atoms with Crippen molar-refractivity contribution in [3.05, 3.63) is 53.9 Å². The molecule has 1 heterocycles. The Morgan fingerprint density at radius 1 is 1.35 bits per heavy atom. The van der Waals surface area contributed by atoms with E-state index < -0.39 is 0 Å². The Hall–Kier alpha value is -2.89. The van der Waals surface area contributed by atoms with Crippen molar-refractivity contribution in [3.63, 3.8) is 0 Å². The largest absolute Gasteiger partial charge is 0.493 e. The minimum Gasteiger partial charge on any atom is -0.493 e. The molecule has 6 heteroatoms. The molecule has 0 saturated carbocycles. The molecule has 0 aliphatic heterocycles. The zero-order chi connectivity index (χ0) is 16.5. The average molecular weight is 313 g/mol. The van der Waals surface area contributed by atoms with E-state index >= 15 is 0 Å². The van der Waals surface area contributed by atoms with Crippen molar-refractivity contribution in [1.29, 1.82) is 0 Å². The number of para-hydroxylation sites is 1. The Balaban J connectivity index is 2.11. The predicted octanol–water partition coefficient (Wildman–Crippen LogP) is 2.64. The van der Waals surface area contributed by atoms with E-state index in [2.05, 4.69) is 15.5 Å². The maximum atomic E-state index is 11.9. The topological polar surface area (TPSA) is 72.8 Å². The quantitative estimate of drug-likeness (QED) is 0.630. The first kappa shape index (κ1) is 16.5. The summed E-state index contributed by atoms with van der Waals surface area (Å²) in [6, 6.07) is 8.85. The molecule has 0 saturated heterocycles. The number of hydrazone groups is 1. The van der Waals surface area contributed by atoms with Gasteiger partial charge in [-0.2, -0.15) is 5.10 Å². The summed E-state index contributed by atoms with van der Waals surface area (Å²) < 4.78 is 11.0. The molecule has 0 spiro atoms. The number of hydrogen-bond donors (Lipinski definition) is 1. The standard InChI is InChI=1S/C17H19N3O3/c1-3-10-23-16-13(6-4-8-15(16)22-2)12-19-20-17(21)14-7-5-9-18-11-14/h4-9,11-12H,3,10H2,1-2H3,(H,20,21)/b19-12-. The number of benzene rings is 1. The fourth-order valence-electron chi connectivity index (χ4n) is 1.88. The zero-order valence-electron chi connectivity index (χ0n) is 13.2. The monoisotopic (exact) mass is 313 g/mol. The second kappa shape index (κ2) is 8.53. The fourth-order valence-corrected chi connectivity index (χ4v) is 1.88. The smallest absolute Gasteiger partial charge is 0.272 e. The molecule has 1 amide bonds. The number of nitrogens with one attached hydrogen (secondary N) is 1. The molecule has 0 radical (unpaired) electrons. The first-order valence-corrected chi connectivity index (χ1v) is 7.29. The van der Waals surface area contributed by atoms with Gasteiger partial charge >= 0.3 is 0 Å². The summed E-state index contributed by atoms with van der Waals surface area (Å²) in [5.41, 5.74) is 3.63. The van der Waals surface area contributed by atoms with Gasteiger partial charge < -0.3 is 9.47 Å². The van der Waals surface area contributed by atoms with Crippen LogP contribution < -0.4 is 14.9 Å². The van der Waals surface area contributed by atoms with Crippen molar-refractivity contribution in [2.45, 2.75) is 13.3 Å². The summed E-state index contributed by atoms with van der Waals surface area (Å²) in [5, 5.41) is 3.97. The summed E-state index contributed by atoms with van der Waals surface area (Å²) >= 11 is 0. The van der Waals surface area contributed by atoms with Crippen LogP contribution in [0.2, 0.25) is 0 Å². The molecule has 0 aliphatic carbocycles. The highest BCUT2D eigenvalue weighted by molar-refractivity contribution is 5.94. The van der Waals surface area contributed by atoms with E-state index in [0.717, 1.165) is 12.0 Å². The number of pyridine rings is 1. The molecule has 6 nitrogen and oxygen atoms in total. The maximum Gasteiger partial charge on any atom is 0.272 e. The first-order chi connectivity index (χ1) is 11.3. The lowest BCUT2D eigenvalue weighted by molar-refractivity contribution is 0.0954. The van der Waals surface area contributed by atoms with E-state index in [4.69, 9.17) is 9.47 Å². The van der Waals surface area contributed by atoms with Crippen LogP contribution >= 0.6 is 0 Å². The summed E-state index contributed by atoms with van der Waals surface area (Å²) in [7, 11) is 1.58. The minimum atomic E-state index is -0.326. The highest BCUT2D eigenvalue weighted by atomic mass is 16.5. The van der Waals surface area contributed by atoms with Crippen LogP contribution in [0.1, 0.15) is 29.3 Å². The molecule has 0 atom stereocenters. The lowest BCUT2D eigenvalue weighted by Gasteiger charge is -2.12. The molecular weight excluding hydrogens is 294 g/mol. The molecule has 23 heavy (non-hydrogen) atoms. The van der Waals surface area contributed by atoms with Crippen LogP contribution in [0, 0.1) is 0 Å². The van der Waals surface area contributed by atoms with Crippen molar-refractivity contribution in [2.75, 3.05) is 13.7 Å². The van der Waals surface area contributed by atoms with E-state index in [9.17, 15) is 4.79 Å².